The number of aryl methyl sites for hydroxylation is 1. The number of nitrogens with zero attached hydrogens (tertiary/aromatic N) is 2. The maximum Gasteiger partial charge on any atom is 0.349 e. The molecule has 0 saturated carbocycles. The zero-order valence-corrected chi connectivity index (χ0v) is 12.4. The molecule has 2 rings (SSSR count). The first-order valence-corrected chi connectivity index (χ1v) is 8.15. The molecule has 0 saturated heterocycles. The molecule has 2 aromatic rings. The molecule has 2 aromatic heterocycles. The Balaban J connectivity index is 2.46. The summed E-state index contributed by atoms with van der Waals surface area (Å²) in [5.41, 5.74) is 1.88. The summed E-state index contributed by atoms with van der Waals surface area (Å²) in [7, 11) is -2.69. The lowest BCUT2D eigenvalue weighted by molar-refractivity contribution is 0.0602. The monoisotopic (exact) mass is 319 g/mol. The number of aromatic nitrogens is 2. The van der Waals surface area contributed by atoms with E-state index in [-0.39, 0.29) is 14.9 Å². The predicted octanol–water partition coefficient (Wildman–Crippen LogP) is 1.50. The lowest BCUT2D eigenvalue weighted by atomic mass is 10.3. The fourth-order valence-corrected chi connectivity index (χ4v) is 4.79. The second-order valence-electron chi connectivity index (χ2n) is 3.42. The van der Waals surface area contributed by atoms with Crippen LogP contribution in [-0.2, 0) is 14.8 Å². The Morgan fingerprint density at radius 2 is 2.16 bits per heavy atom. The SMILES string of the molecule is COC(=O)c1scc(C)c1S(=O)(=O)Nc1nncs1. The summed E-state index contributed by atoms with van der Waals surface area (Å²) in [5.74, 6) is -0.685. The number of rotatable bonds is 4. The number of carbonyl (C=O) groups excluding carboxylic acids is 1. The van der Waals surface area contributed by atoms with Gasteiger partial charge in [-0.15, -0.1) is 21.5 Å². The van der Waals surface area contributed by atoms with Gasteiger partial charge in [0.25, 0.3) is 10.0 Å². The van der Waals surface area contributed by atoms with Gasteiger partial charge in [-0.1, -0.05) is 11.3 Å². The van der Waals surface area contributed by atoms with Crippen molar-refractivity contribution in [3.05, 3.63) is 21.3 Å². The molecule has 0 atom stereocenters. The molecular formula is C9H9N3O4S3. The lowest BCUT2D eigenvalue weighted by Crippen LogP contribution is -2.16. The van der Waals surface area contributed by atoms with E-state index in [1.54, 1.807) is 12.3 Å². The van der Waals surface area contributed by atoms with Gasteiger partial charge < -0.3 is 4.74 Å². The molecule has 10 heteroatoms. The molecule has 0 amide bonds. The molecule has 1 N–H and O–H groups in total. The van der Waals surface area contributed by atoms with Crippen LogP contribution >= 0.6 is 22.7 Å². The van der Waals surface area contributed by atoms with Crippen molar-refractivity contribution in [3.63, 3.8) is 0 Å². The third kappa shape index (κ3) is 2.74. The number of sulfonamides is 1. The molecule has 0 aromatic carbocycles. The minimum atomic E-state index is -3.89. The fourth-order valence-electron chi connectivity index (χ4n) is 1.38. The zero-order valence-electron chi connectivity index (χ0n) is 9.91. The van der Waals surface area contributed by atoms with Crippen molar-refractivity contribution in [1.82, 2.24) is 10.2 Å². The lowest BCUT2D eigenvalue weighted by Gasteiger charge is -2.06. The van der Waals surface area contributed by atoms with E-state index in [9.17, 15) is 13.2 Å². The van der Waals surface area contributed by atoms with E-state index < -0.39 is 16.0 Å². The van der Waals surface area contributed by atoms with Crippen LogP contribution in [0, 0.1) is 6.92 Å². The van der Waals surface area contributed by atoms with Gasteiger partial charge in [-0.2, -0.15) is 0 Å². The molecule has 7 nitrogen and oxygen atoms in total. The number of anilines is 1. The molecular weight excluding hydrogens is 310 g/mol. The summed E-state index contributed by atoms with van der Waals surface area (Å²) >= 11 is 2.07. The van der Waals surface area contributed by atoms with Crippen LogP contribution in [0.15, 0.2) is 15.8 Å². The maximum atomic E-state index is 12.2. The Bertz CT molecular complexity index is 690. The van der Waals surface area contributed by atoms with E-state index in [0.29, 0.717) is 5.56 Å². The van der Waals surface area contributed by atoms with Crippen molar-refractivity contribution < 1.29 is 17.9 Å². The highest BCUT2D eigenvalue weighted by molar-refractivity contribution is 7.93. The molecule has 0 aliphatic rings. The number of thiophene rings is 1. The molecule has 0 spiro atoms. The summed E-state index contributed by atoms with van der Waals surface area (Å²) in [5, 5.41) is 8.86. The van der Waals surface area contributed by atoms with Crippen LogP contribution in [0.5, 0.6) is 0 Å². The molecule has 0 bridgehead atoms. The Kier molecular flexibility index (Phi) is 3.83. The predicted molar refractivity (Wildman–Crippen MR) is 71.1 cm³/mol. The molecule has 0 unspecified atom stereocenters. The Morgan fingerprint density at radius 1 is 1.42 bits per heavy atom. The van der Waals surface area contributed by atoms with E-state index in [2.05, 4.69) is 19.7 Å². The molecule has 19 heavy (non-hydrogen) atoms. The minimum absolute atomic E-state index is 0.0389. The second-order valence-corrected chi connectivity index (χ2v) is 6.75. The molecule has 0 radical (unpaired) electrons. The van der Waals surface area contributed by atoms with E-state index in [0.717, 1.165) is 22.7 Å². The molecule has 0 aliphatic heterocycles. The minimum Gasteiger partial charge on any atom is -0.465 e. The third-order valence-electron chi connectivity index (χ3n) is 2.14. The number of hydrogen-bond acceptors (Lipinski definition) is 8. The van der Waals surface area contributed by atoms with Crippen LogP contribution in [0.2, 0.25) is 0 Å². The van der Waals surface area contributed by atoms with Gasteiger partial charge in [-0.05, 0) is 17.9 Å². The number of ether oxygens (including phenoxy) is 1. The topological polar surface area (TPSA) is 98.2 Å². The van der Waals surface area contributed by atoms with Crippen LogP contribution < -0.4 is 4.72 Å². The quantitative estimate of drug-likeness (QED) is 0.857. The fraction of sp³-hybridized carbons (Fsp3) is 0.222. The van der Waals surface area contributed by atoms with Crippen molar-refractivity contribution in [2.45, 2.75) is 11.8 Å². The summed E-state index contributed by atoms with van der Waals surface area (Å²) in [6.07, 6.45) is 0. The highest BCUT2D eigenvalue weighted by Gasteiger charge is 2.28. The van der Waals surface area contributed by atoms with Gasteiger partial charge in [0.1, 0.15) is 15.3 Å². The number of methoxy groups -OCH3 is 1. The van der Waals surface area contributed by atoms with Crippen molar-refractivity contribution in [2.24, 2.45) is 0 Å². The maximum absolute atomic E-state index is 12.2. The Hall–Kier alpha value is -1.52. The van der Waals surface area contributed by atoms with Crippen LogP contribution in [0.4, 0.5) is 5.13 Å². The van der Waals surface area contributed by atoms with Gasteiger partial charge in [0.2, 0.25) is 5.13 Å². The molecule has 102 valence electrons. The van der Waals surface area contributed by atoms with E-state index in [1.165, 1.54) is 12.6 Å². The van der Waals surface area contributed by atoms with Gasteiger partial charge in [0.15, 0.2) is 0 Å². The average Bonchev–Trinajstić information content (AvgIpc) is 2.97. The molecule has 0 fully saturated rings. The van der Waals surface area contributed by atoms with Gasteiger partial charge in [0.05, 0.1) is 7.11 Å². The highest BCUT2D eigenvalue weighted by atomic mass is 32.2. The smallest absolute Gasteiger partial charge is 0.349 e. The number of carbonyl (C=O) groups is 1. The van der Waals surface area contributed by atoms with Gasteiger partial charge in [-0.3, -0.25) is 4.72 Å². The summed E-state index contributed by atoms with van der Waals surface area (Å²) in [6.45, 7) is 1.61. The Morgan fingerprint density at radius 3 is 2.74 bits per heavy atom. The van der Waals surface area contributed by atoms with Crippen LogP contribution in [-0.4, -0.2) is 31.7 Å². The molecule has 2 heterocycles. The number of hydrogen-bond donors (Lipinski definition) is 1. The van der Waals surface area contributed by atoms with Gasteiger partial charge >= 0.3 is 5.97 Å². The normalized spacial score (nSPS) is 11.3. The van der Waals surface area contributed by atoms with Crippen molar-refractivity contribution in [1.29, 1.82) is 0 Å². The van der Waals surface area contributed by atoms with Crippen molar-refractivity contribution in [2.75, 3.05) is 11.8 Å². The van der Waals surface area contributed by atoms with E-state index >= 15 is 0 Å². The number of esters is 1. The van der Waals surface area contributed by atoms with Crippen molar-refractivity contribution >= 4 is 43.8 Å². The van der Waals surface area contributed by atoms with Crippen molar-refractivity contribution in [3.8, 4) is 0 Å². The summed E-state index contributed by atoms with van der Waals surface area (Å²) in [6, 6.07) is 0. The largest absolute Gasteiger partial charge is 0.465 e. The zero-order chi connectivity index (χ0) is 14.0. The van der Waals surface area contributed by atoms with Crippen LogP contribution in [0.25, 0.3) is 0 Å². The standard InChI is InChI=1S/C9H9N3O4S3/c1-5-3-17-6(8(13)16-2)7(5)19(14,15)12-9-11-10-4-18-9/h3-4H,1-2H3,(H,11,12). The summed E-state index contributed by atoms with van der Waals surface area (Å²) < 4.78 is 31.4. The van der Waals surface area contributed by atoms with E-state index in [4.69, 9.17) is 0 Å². The van der Waals surface area contributed by atoms with E-state index in [1.807, 2.05) is 0 Å². The first kappa shape index (κ1) is 13.9. The first-order chi connectivity index (χ1) is 8.95. The van der Waals surface area contributed by atoms with Crippen LogP contribution in [0.3, 0.4) is 0 Å². The third-order valence-corrected chi connectivity index (χ3v) is 5.61. The highest BCUT2D eigenvalue weighted by Crippen LogP contribution is 2.29. The molecule has 0 aliphatic carbocycles. The Labute approximate surface area is 117 Å². The van der Waals surface area contributed by atoms with Gasteiger partial charge in [-0.25, -0.2) is 13.2 Å². The van der Waals surface area contributed by atoms with Gasteiger partial charge in [0, 0.05) is 0 Å². The van der Waals surface area contributed by atoms with Crippen LogP contribution in [0.1, 0.15) is 15.2 Å². The second kappa shape index (κ2) is 5.23. The summed E-state index contributed by atoms with van der Waals surface area (Å²) in [4.78, 5) is 11.5. The first-order valence-electron chi connectivity index (χ1n) is 4.91. The average molecular weight is 319 g/mol. The number of nitrogens with one attached hydrogen (secondary N) is 1.